The minimum Gasteiger partial charge on any atom is -0.322 e. The molecule has 0 aliphatic carbocycles. The van der Waals surface area contributed by atoms with Crippen LogP contribution in [-0.4, -0.2) is 47.0 Å². The van der Waals surface area contributed by atoms with Crippen molar-refractivity contribution < 1.29 is 9.18 Å². The van der Waals surface area contributed by atoms with Gasteiger partial charge in [-0.2, -0.15) is 0 Å². The van der Waals surface area contributed by atoms with Crippen LogP contribution >= 0.6 is 11.3 Å². The summed E-state index contributed by atoms with van der Waals surface area (Å²) < 4.78 is 13.1. The molecular weight excluding hydrogens is 303 g/mol. The van der Waals surface area contributed by atoms with Crippen LogP contribution in [0.4, 0.5) is 14.9 Å². The van der Waals surface area contributed by atoms with E-state index >= 15 is 0 Å². The lowest BCUT2D eigenvalue weighted by Crippen LogP contribution is -2.49. The number of urea groups is 1. The van der Waals surface area contributed by atoms with Gasteiger partial charge in [-0.3, -0.25) is 4.90 Å². The lowest BCUT2D eigenvalue weighted by Gasteiger charge is -2.34. The molecule has 0 unspecified atom stereocenters. The monoisotopic (exact) mass is 320 g/mol. The number of aromatic nitrogens is 1. The Balaban J connectivity index is 1.49. The number of carbonyl (C=O) groups is 1. The number of thiazole rings is 1. The molecule has 22 heavy (non-hydrogen) atoms. The topological polar surface area (TPSA) is 48.5 Å². The van der Waals surface area contributed by atoms with Crippen LogP contribution in [0.3, 0.4) is 0 Å². The van der Waals surface area contributed by atoms with Gasteiger partial charge in [0.2, 0.25) is 0 Å². The zero-order chi connectivity index (χ0) is 15.4. The molecule has 1 N–H and O–H groups in total. The van der Waals surface area contributed by atoms with E-state index in [1.165, 1.54) is 12.1 Å². The van der Waals surface area contributed by atoms with Crippen LogP contribution < -0.4 is 5.32 Å². The summed E-state index contributed by atoms with van der Waals surface area (Å²) in [7, 11) is 0. The van der Waals surface area contributed by atoms with E-state index in [1.54, 1.807) is 28.4 Å². The average Bonchev–Trinajstić information content (AvgIpc) is 3.01. The number of hydrogen-bond donors (Lipinski definition) is 1. The first-order valence-electron chi connectivity index (χ1n) is 7.11. The number of anilines is 1. The van der Waals surface area contributed by atoms with Gasteiger partial charge >= 0.3 is 6.03 Å². The smallest absolute Gasteiger partial charge is 0.321 e. The van der Waals surface area contributed by atoms with Crippen LogP contribution in [0.1, 0.15) is 5.69 Å². The molecule has 1 fully saturated rings. The van der Waals surface area contributed by atoms with Crippen molar-refractivity contribution in [1.29, 1.82) is 0 Å². The van der Waals surface area contributed by atoms with Crippen molar-refractivity contribution in [3.05, 3.63) is 46.7 Å². The summed E-state index contributed by atoms with van der Waals surface area (Å²) in [5, 5.41) is 4.78. The molecule has 2 heterocycles. The van der Waals surface area contributed by atoms with Crippen molar-refractivity contribution in [3.63, 3.8) is 0 Å². The van der Waals surface area contributed by atoms with Crippen LogP contribution in [0.2, 0.25) is 0 Å². The number of halogens is 1. The molecule has 1 aliphatic rings. The van der Waals surface area contributed by atoms with Crippen molar-refractivity contribution in [2.45, 2.75) is 6.54 Å². The maximum absolute atomic E-state index is 13.1. The van der Waals surface area contributed by atoms with E-state index in [0.29, 0.717) is 18.8 Å². The van der Waals surface area contributed by atoms with Gasteiger partial charge in [0.1, 0.15) is 5.82 Å². The lowest BCUT2D eigenvalue weighted by molar-refractivity contribution is 0.142. The Hall–Kier alpha value is -1.99. The van der Waals surface area contributed by atoms with E-state index in [-0.39, 0.29) is 11.8 Å². The van der Waals surface area contributed by atoms with Gasteiger partial charge in [0.25, 0.3) is 0 Å². The minimum absolute atomic E-state index is 0.182. The summed E-state index contributed by atoms with van der Waals surface area (Å²) in [4.78, 5) is 20.5. The molecule has 0 spiro atoms. The molecule has 116 valence electrons. The van der Waals surface area contributed by atoms with Crippen LogP contribution in [-0.2, 0) is 6.54 Å². The van der Waals surface area contributed by atoms with Crippen molar-refractivity contribution in [1.82, 2.24) is 14.8 Å². The molecule has 0 atom stereocenters. The van der Waals surface area contributed by atoms with Gasteiger partial charge in [-0.25, -0.2) is 14.2 Å². The molecule has 1 aromatic carbocycles. The highest BCUT2D eigenvalue weighted by atomic mass is 32.1. The molecular formula is C15H17FN4OS. The summed E-state index contributed by atoms with van der Waals surface area (Å²) in [6.07, 6.45) is 0. The highest BCUT2D eigenvalue weighted by Gasteiger charge is 2.21. The van der Waals surface area contributed by atoms with Gasteiger partial charge in [-0.1, -0.05) is 6.07 Å². The molecule has 5 nitrogen and oxygen atoms in total. The number of carbonyl (C=O) groups excluding carboxylic acids is 1. The fourth-order valence-electron chi connectivity index (χ4n) is 2.42. The Morgan fingerprint density at radius 2 is 2.14 bits per heavy atom. The fourth-order valence-corrected chi connectivity index (χ4v) is 2.97. The fraction of sp³-hybridized carbons (Fsp3) is 0.333. The van der Waals surface area contributed by atoms with Gasteiger partial charge in [-0.05, 0) is 18.2 Å². The molecule has 1 saturated heterocycles. The Kier molecular flexibility index (Phi) is 4.65. The molecule has 3 rings (SSSR count). The SMILES string of the molecule is O=C(Nc1cccc(F)c1)N1CCN(Cc2cscn2)CC1. The van der Waals surface area contributed by atoms with E-state index in [9.17, 15) is 9.18 Å². The van der Waals surface area contributed by atoms with E-state index in [2.05, 4.69) is 15.2 Å². The Labute approximate surface area is 132 Å². The summed E-state index contributed by atoms with van der Waals surface area (Å²) >= 11 is 1.59. The second kappa shape index (κ2) is 6.85. The predicted octanol–water partition coefficient (Wildman–Crippen LogP) is 2.63. The number of benzene rings is 1. The Morgan fingerprint density at radius 3 is 2.82 bits per heavy atom. The number of nitrogens with one attached hydrogen (secondary N) is 1. The largest absolute Gasteiger partial charge is 0.322 e. The quantitative estimate of drug-likeness (QED) is 0.946. The number of rotatable bonds is 3. The number of piperazine rings is 1. The molecule has 1 aromatic heterocycles. The first-order chi connectivity index (χ1) is 10.7. The highest BCUT2D eigenvalue weighted by Crippen LogP contribution is 2.12. The molecule has 7 heteroatoms. The third-order valence-electron chi connectivity index (χ3n) is 3.60. The van der Waals surface area contributed by atoms with E-state index in [1.807, 2.05) is 10.9 Å². The number of hydrogen-bond acceptors (Lipinski definition) is 4. The van der Waals surface area contributed by atoms with Gasteiger partial charge < -0.3 is 10.2 Å². The van der Waals surface area contributed by atoms with E-state index in [4.69, 9.17) is 0 Å². The third kappa shape index (κ3) is 3.80. The van der Waals surface area contributed by atoms with Crippen LogP contribution in [0.15, 0.2) is 35.2 Å². The second-order valence-corrected chi connectivity index (χ2v) is 5.90. The first kappa shape index (κ1) is 14.9. The molecule has 0 bridgehead atoms. The maximum atomic E-state index is 13.1. The van der Waals surface area contributed by atoms with Gasteiger partial charge in [0, 0.05) is 43.8 Å². The van der Waals surface area contributed by atoms with E-state index in [0.717, 1.165) is 25.3 Å². The van der Waals surface area contributed by atoms with E-state index < -0.39 is 0 Å². The standard InChI is InChI=1S/C15H17FN4OS/c16-12-2-1-3-13(8-12)18-15(21)20-6-4-19(5-7-20)9-14-10-22-11-17-14/h1-3,8,10-11H,4-7,9H2,(H,18,21). The molecule has 1 aliphatic heterocycles. The highest BCUT2D eigenvalue weighted by molar-refractivity contribution is 7.07. The number of amides is 2. The summed E-state index contributed by atoms with van der Waals surface area (Å²) in [5.74, 6) is -0.356. The Morgan fingerprint density at radius 1 is 1.32 bits per heavy atom. The van der Waals surface area contributed by atoms with Gasteiger partial charge in [-0.15, -0.1) is 11.3 Å². The third-order valence-corrected chi connectivity index (χ3v) is 4.24. The molecule has 0 radical (unpaired) electrons. The van der Waals surface area contributed by atoms with Crippen molar-refractivity contribution >= 4 is 23.1 Å². The number of nitrogens with zero attached hydrogens (tertiary/aromatic N) is 3. The zero-order valence-corrected chi connectivity index (χ0v) is 12.9. The zero-order valence-electron chi connectivity index (χ0n) is 12.0. The lowest BCUT2D eigenvalue weighted by atomic mass is 10.3. The molecule has 2 aromatic rings. The maximum Gasteiger partial charge on any atom is 0.321 e. The van der Waals surface area contributed by atoms with Crippen LogP contribution in [0.5, 0.6) is 0 Å². The summed E-state index contributed by atoms with van der Waals surface area (Å²) in [5.41, 5.74) is 3.38. The second-order valence-electron chi connectivity index (χ2n) is 5.18. The van der Waals surface area contributed by atoms with Crippen LogP contribution in [0.25, 0.3) is 0 Å². The van der Waals surface area contributed by atoms with Crippen LogP contribution in [0, 0.1) is 5.82 Å². The predicted molar refractivity (Wildman–Crippen MR) is 84.4 cm³/mol. The van der Waals surface area contributed by atoms with Gasteiger partial charge in [0.05, 0.1) is 11.2 Å². The summed E-state index contributed by atoms with van der Waals surface area (Å²) in [6.45, 7) is 3.77. The summed E-state index contributed by atoms with van der Waals surface area (Å²) in [6, 6.07) is 5.75. The molecule has 2 amide bonds. The van der Waals surface area contributed by atoms with Crippen molar-refractivity contribution in [2.75, 3.05) is 31.5 Å². The minimum atomic E-state index is -0.356. The first-order valence-corrected chi connectivity index (χ1v) is 8.06. The average molecular weight is 320 g/mol. The normalized spacial score (nSPS) is 15.8. The molecule has 0 saturated carbocycles. The van der Waals surface area contributed by atoms with Gasteiger partial charge in [0.15, 0.2) is 0 Å². The van der Waals surface area contributed by atoms with Crippen molar-refractivity contribution in [2.24, 2.45) is 0 Å². The van der Waals surface area contributed by atoms with Crippen molar-refractivity contribution in [3.8, 4) is 0 Å². The Bertz CT molecular complexity index is 626.